The van der Waals surface area contributed by atoms with Gasteiger partial charge in [0, 0.05) is 23.6 Å². The van der Waals surface area contributed by atoms with Crippen LogP contribution >= 0.6 is 11.8 Å². The molecule has 0 atom stereocenters. The quantitative estimate of drug-likeness (QED) is 0.645. The molecular weight excluding hydrogens is 360 g/mol. The topological polar surface area (TPSA) is 90.0 Å². The molecule has 0 unspecified atom stereocenters. The van der Waals surface area contributed by atoms with Crippen LogP contribution in [0.2, 0.25) is 0 Å². The van der Waals surface area contributed by atoms with Gasteiger partial charge in [0.05, 0.1) is 17.1 Å². The van der Waals surface area contributed by atoms with Crippen molar-refractivity contribution in [1.82, 2.24) is 9.78 Å². The average Bonchev–Trinajstić information content (AvgIpc) is 2.85. The molecule has 0 aliphatic carbocycles. The van der Waals surface area contributed by atoms with Crippen LogP contribution in [0, 0.1) is 19.8 Å². The van der Waals surface area contributed by atoms with Crippen LogP contribution in [0.1, 0.15) is 37.2 Å². The first-order chi connectivity index (χ1) is 12.8. The minimum Gasteiger partial charge on any atom is -0.369 e. The molecule has 0 aliphatic heterocycles. The molecule has 2 amide bonds. The van der Waals surface area contributed by atoms with Gasteiger partial charge in [0.2, 0.25) is 11.8 Å². The van der Waals surface area contributed by atoms with Crippen LogP contribution in [-0.2, 0) is 22.6 Å². The van der Waals surface area contributed by atoms with Crippen molar-refractivity contribution in [2.75, 3.05) is 11.1 Å². The Morgan fingerprint density at radius 3 is 2.63 bits per heavy atom. The molecule has 27 heavy (non-hydrogen) atoms. The molecular formula is C20H28N4O2S. The Balaban J connectivity index is 1.99. The van der Waals surface area contributed by atoms with Crippen LogP contribution in [-0.4, -0.2) is 27.3 Å². The second-order valence-corrected chi connectivity index (χ2v) is 8.04. The maximum Gasteiger partial charge on any atom is 0.227 e. The van der Waals surface area contributed by atoms with Gasteiger partial charge in [-0.15, -0.1) is 11.8 Å². The van der Waals surface area contributed by atoms with Gasteiger partial charge in [-0.1, -0.05) is 26.0 Å². The number of hydrogen-bond acceptors (Lipinski definition) is 4. The van der Waals surface area contributed by atoms with Crippen molar-refractivity contribution in [2.24, 2.45) is 11.7 Å². The lowest BCUT2D eigenvalue weighted by Gasteiger charge is -2.10. The number of nitrogens with zero attached hydrogens (tertiary/aromatic N) is 2. The number of anilines is 1. The third kappa shape index (κ3) is 6.13. The fourth-order valence-electron chi connectivity index (χ4n) is 2.92. The summed E-state index contributed by atoms with van der Waals surface area (Å²) in [5.74, 6) is 0.261. The number of carbonyl (C=O) groups is 2. The van der Waals surface area contributed by atoms with E-state index in [1.807, 2.05) is 35.9 Å². The first-order valence-corrected chi connectivity index (χ1v) is 10.1. The second kappa shape index (κ2) is 9.60. The van der Waals surface area contributed by atoms with Crippen molar-refractivity contribution in [1.29, 1.82) is 0 Å². The highest BCUT2D eigenvalue weighted by Crippen LogP contribution is 2.27. The number of aryl methyl sites for hydroxylation is 1. The van der Waals surface area contributed by atoms with E-state index in [9.17, 15) is 9.59 Å². The van der Waals surface area contributed by atoms with Crippen molar-refractivity contribution >= 4 is 29.3 Å². The van der Waals surface area contributed by atoms with Crippen molar-refractivity contribution in [3.05, 3.63) is 41.2 Å². The summed E-state index contributed by atoms with van der Waals surface area (Å²) in [5.41, 5.74) is 9.17. The standard InChI is InChI=1S/C20H28N4O2S/c1-13(2)11-24-15(4)16(14(3)23-24)9-10-20(26)22-17-7-5-6-8-18(17)27-12-19(21)25/h5-8,13H,9-12H2,1-4H3,(H2,21,25)(H,22,26). The van der Waals surface area contributed by atoms with Gasteiger partial charge in [0.25, 0.3) is 0 Å². The molecule has 3 N–H and O–H groups in total. The van der Waals surface area contributed by atoms with Gasteiger partial charge in [-0.25, -0.2) is 0 Å². The zero-order chi connectivity index (χ0) is 20.0. The molecule has 2 aromatic rings. The Labute approximate surface area is 164 Å². The summed E-state index contributed by atoms with van der Waals surface area (Å²) in [6.07, 6.45) is 1.03. The van der Waals surface area contributed by atoms with E-state index >= 15 is 0 Å². The maximum absolute atomic E-state index is 12.4. The number of benzene rings is 1. The summed E-state index contributed by atoms with van der Waals surface area (Å²) in [6.45, 7) is 9.26. The Bertz CT molecular complexity index is 814. The largest absolute Gasteiger partial charge is 0.369 e. The molecule has 0 bridgehead atoms. The predicted octanol–water partition coefficient (Wildman–Crippen LogP) is 3.30. The van der Waals surface area contributed by atoms with Crippen LogP contribution in [0.5, 0.6) is 0 Å². The highest BCUT2D eigenvalue weighted by Gasteiger charge is 2.14. The van der Waals surface area contributed by atoms with E-state index in [1.54, 1.807) is 0 Å². The van der Waals surface area contributed by atoms with E-state index in [0.29, 0.717) is 24.4 Å². The van der Waals surface area contributed by atoms with Gasteiger partial charge >= 0.3 is 0 Å². The third-order valence-electron chi connectivity index (χ3n) is 4.20. The van der Waals surface area contributed by atoms with Crippen LogP contribution in [0.25, 0.3) is 0 Å². The summed E-state index contributed by atoms with van der Waals surface area (Å²) in [4.78, 5) is 24.3. The Morgan fingerprint density at radius 2 is 1.96 bits per heavy atom. The van der Waals surface area contributed by atoms with E-state index in [-0.39, 0.29) is 17.6 Å². The van der Waals surface area contributed by atoms with Gasteiger partial charge < -0.3 is 11.1 Å². The number of nitrogens with two attached hydrogens (primary N) is 1. The van der Waals surface area contributed by atoms with Crippen LogP contribution in [0.3, 0.4) is 0 Å². The molecule has 0 spiro atoms. The van der Waals surface area contributed by atoms with Crippen molar-refractivity contribution < 1.29 is 9.59 Å². The first-order valence-electron chi connectivity index (χ1n) is 9.10. The summed E-state index contributed by atoms with van der Waals surface area (Å²) < 4.78 is 2.03. The number of amides is 2. The number of rotatable bonds is 9. The lowest BCUT2D eigenvalue weighted by atomic mass is 10.1. The van der Waals surface area contributed by atoms with Crippen LogP contribution in [0.4, 0.5) is 5.69 Å². The van der Waals surface area contributed by atoms with E-state index < -0.39 is 0 Å². The lowest BCUT2D eigenvalue weighted by molar-refractivity contribution is -0.116. The zero-order valence-corrected chi connectivity index (χ0v) is 17.2. The number of nitrogens with one attached hydrogen (secondary N) is 1. The second-order valence-electron chi connectivity index (χ2n) is 7.02. The maximum atomic E-state index is 12.4. The van der Waals surface area contributed by atoms with E-state index in [1.165, 1.54) is 11.8 Å². The molecule has 1 aromatic carbocycles. The highest BCUT2D eigenvalue weighted by atomic mass is 32.2. The van der Waals surface area contributed by atoms with Crippen molar-refractivity contribution in [2.45, 2.75) is 52.0 Å². The van der Waals surface area contributed by atoms with Crippen molar-refractivity contribution in [3.8, 4) is 0 Å². The van der Waals surface area contributed by atoms with E-state index in [0.717, 1.165) is 28.4 Å². The van der Waals surface area contributed by atoms with Gasteiger partial charge in [-0.3, -0.25) is 14.3 Å². The van der Waals surface area contributed by atoms with E-state index in [2.05, 4.69) is 31.2 Å². The van der Waals surface area contributed by atoms with Gasteiger partial charge in [-0.05, 0) is 43.9 Å². The smallest absolute Gasteiger partial charge is 0.227 e. The highest BCUT2D eigenvalue weighted by molar-refractivity contribution is 8.00. The Kier molecular flexibility index (Phi) is 7.47. The fourth-order valence-corrected chi connectivity index (χ4v) is 3.66. The summed E-state index contributed by atoms with van der Waals surface area (Å²) >= 11 is 1.32. The summed E-state index contributed by atoms with van der Waals surface area (Å²) in [7, 11) is 0. The lowest BCUT2D eigenvalue weighted by Crippen LogP contribution is -2.15. The first kappa shape index (κ1) is 21.0. The molecule has 6 nitrogen and oxygen atoms in total. The number of para-hydroxylation sites is 1. The van der Waals surface area contributed by atoms with Crippen LogP contribution in [0.15, 0.2) is 29.2 Å². The minimum absolute atomic E-state index is 0.0578. The molecule has 7 heteroatoms. The molecule has 146 valence electrons. The number of aromatic nitrogens is 2. The zero-order valence-electron chi connectivity index (χ0n) is 16.4. The molecule has 1 aromatic heterocycles. The monoisotopic (exact) mass is 388 g/mol. The fraction of sp³-hybridized carbons (Fsp3) is 0.450. The molecule has 0 aliphatic rings. The number of hydrogen-bond donors (Lipinski definition) is 2. The molecule has 0 radical (unpaired) electrons. The third-order valence-corrected chi connectivity index (χ3v) is 5.30. The minimum atomic E-state index is -0.384. The van der Waals surface area contributed by atoms with Gasteiger partial charge in [0.15, 0.2) is 0 Å². The Hall–Kier alpha value is -2.28. The molecule has 0 saturated carbocycles. The van der Waals surface area contributed by atoms with Crippen molar-refractivity contribution in [3.63, 3.8) is 0 Å². The van der Waals surface area contributed by atoms with E-state index in [4.69, 9.17) is 5.73 Å². The van der Waals surface area contributed by atoms with Gasteiger partial charge in [0.1, 0.15) is 0 Å². The summed E-state index contributed by atoms with van der Waals surface area (Å²) in [6, 6.07) is 7.43. The molecule has 2 rings (SSSR count). The SMILES string of the molecule is Cc1nn(CC(C)C)c(C)c1CCC(=O)Nc1ccccc1SCC(N)=O. The van der Waals surface area contributed by atoms with Crippen LogP contribution < -0.4 is 11.1 Å². The Morgan fingerprint density at radius 1 is 1.26 bits per heavy atom. The number of thioether (sulfide) groups is 1. The normalized spacial score (nSPS) is 11.0. The summed E-state index contributed by atoms with van der Waals surface area (Å²) in [5, 5.41) is 7.55. The number of carbonyl (C=O) groups excluding carboxylic acids is 2. The number of primary amides is 1. The van der Waals surface area contributed by atoms with Gasteiger partial charge in [-0.2, -0.15) is 5.10 Å². The molecule has 1 heterocycles. The molecule has 0 fully saturated rings. The molecule has 0 saturated heterocycles. The predicted molar refractivity (Wildman–Crippen MR) is 110 cm³/mol. The average molecular weight is 389 g/mol.